The zero-order valence-corrected chi connectivity index (χ0v) is 14.7. The van der Waals surface area contributed by atoms with Crippen LogP contribution >= 0.6 is 11.6 Å². The highest BCUT2D eigenvalue weighted by atomic mass is 35.5. The van der Waals surface area contributed by atoms with Crippen LogP contribution in [-0.4, -0.2) is 40.2 Å². The van der Waals surface area contributed by atoms with E-state index in [1.165, 1.54) is 11.8 Å². The molecule has 0 radical (unpaired) electrons. The van der Waals surface area contributed by atoms with Crippen molar-refractivity contribution in [3.05, 3.63) is 46.2 Å². The summed E-state index contributed by atoms with van der Waals surface area (Å²) in [6.45, 7) is 1.86. The molecule has 1 N–H and O–H groups in total. The lowest BCUT2D eigenvalue weighted by molar-refractivity contribution is -0.138. The molecule has 2 aromatic rings. The predicted octanol–water partition coefficient (Wildman–Crippen LogP) is 4.07. The fourth-order valence-electron chi connectivity index (χ4n) is 2.96. The second-order valence-electron chi connectivity index (χ2n) is 6.13. The van der Waals surface area contributed by atoms with Gasteiger partial charge in [0.05, 0.1) is 0 Å². The average Bonchev–Trinajstić information content (AvgIpc) is 2.99. The largest absolute Gasteiger partial charge is 0.490 e. The molecule has 5 nitrogen and oxygen atoms in total. The second kappa shape index (κ2) is 7.19. The van der Waals surface area contributed by atoms with Crippen LogP contribution in [0.3, 0.4) is 0 Å². The molecule has 1 fully saturated rings. The molecule has 0 saturated carbocycles. The lowest BCUT2D eigenvalue weighted by Crippen LogP contribution is -2.42. The maximum absolute atomic E-state index is 13.1. The summed E-state index contributed by atoms with van der Waals surface area (Å²) < 4.78 is 45.3. The summed E-state index contributed by atoms with van der Waals surface area (Å²) in [5.41, 5.74) is -1.74. The normalized spacial score (nSPS) is 16.0. The van der Waals surface area contributed by atoms with Crippen molar-refractivity contribution in [1.29, 1.82) is 0 Å². The highest BCUT2D eigenvalue weighted by Gasteiger charge is 2.41. The zero-order chi connectivity index (χ0) is 18.9. The van der Waals surface area contributed by atoms with Gasteiger partial charge in [0.15, 0.2) is 5.69 Å². The third-order valence-electron chi connectivity index (χ3n) is 4.28. The van der Waals surface area contributed by atoms with Crippen LogP contribution in [0.4, 0.5) is 13.2 Å². The number of aromatic amines is 1. The molecule has 26 heavy (non-hydrogen) atoms. The Morgan fingerprint density at radius 2 is 1.88 bits per heavy atom. The van der Waals surface area contributed by atoms with Gasteiger partial charge in [0.1, 0.15) is 17.4 Å². The molecule has 1 aromatic carbocycles. The van der Waals surface area contributed by atoms with Crippen molar-refractivity contribution >= 4 is 17.5 Å². The van der Waals surface area contributed by atoms with Crippen molar-refractivity contribution in [2.75, 3.05) is 13.1 Å². The fraction of sp³-hybridized carbons (Fsp3) is 0.412. The number of likely N-dealkylation sites (tertiary alicyclic amines) is 1. The molecule has 2 heterocycles. The van der Waals surface area contributed by atoms with E-state index in [2.05, 4.69) is 10.2 Å². The number of aryl methyl sites for hydroxylation is 1. The van der Waals surface area contributed by atoms with E-state index in [0.29, 0.717) is 36.7 Å². The van der Waals surface area contributed by atoms with Crippen molar-refractivity contribution in [2.45, 2.75) is 32.0 Å². The molecule has 0 spiro atoms. The number of H-pyrrole nitrogens is 1. The van der Waals surface area contributed by atoms with E-state index >= 15 is 0 Å². The molecule has 0 aliphatic carbocycles. The standard InChI is InChI=1S/C17H17ClF3N3O2/c1-10-14(17(19,20)21)15(23-22-10)16(25)24-8-6-13(7-9-24)26-12-4-2-11(18)3-5-12/h2-5,13H,6-9H2,1H3,(H,22,23). The van der Waals surface area contributed by atoms with Gasteiger partial charge in [0.25, 0.3) is 5.91 Å². The van der Waals surface area contributed by atoms with Crippen molar-refractivity contribution in [3.63, 3.8) is 0 Å². The van der Waals surface area contributed by atoms with Gasteiger partial charge < -0.3 is 9.64 Å². The molecule has 0 bridgehead atoms. The summed E-state index contributed by atoms with van der Waals surface area (Å²) in [4.78, 5) is 13.9. The molecular formula is C17H17ClF3N3O2. The van der Waals surface area contributed by atoms with Crippen LogP contribution in [0.15, 0.2) is 24.3 Å². The summed E-state index contributed by atoms with van der Waals surface area (Å²) in [5.74, 6) is -0.0481. The number of nitrogens with zero attached hydrogens (tertiary/aromatic N) is 2. The first kappa shape index (κ1) is 18.6. The fourth-order valence-corrected chi connectivity index (χ4v) is 3.09. The van der Waals surface area contributed by atoms with Gasteiger partial charge in [0, 0.05) is 36.6 Å². The molecule has 0 unspecified atom stereocenters. The van der Waals surface area contributed by atoms with Crippen LogP contribution < -0.4 is 4.74 Å². The molecule has 140 valence electrons. The molecular weight excluding hydrogens is 371 g/mol. The maximum atomic E-state index is 13.1. The van der Waals surface area contributed by atoms with Crippen molar-refractivity contribution in [3.8, 4) is 5.75 Å². The highest BCUT2D eigenvalue weighted by molar-refractivity contribution is 6.30. The molecule has 1 aliphatic rings. The quantitative estimate of drug-likeness (QED) is 0.863. The Kier molecular flexibility index (Phi) is 5.13. The first-order valence-corrected chi connectivity index (χ1v) is 8.47. The minimum Gasteiger partial charge on any atom is -0.490 e. The van der Waals surface area contributed by atoms with Crippen LogP contribution in [0.2, 0.25) is 5.02 Å². The SMILES string of the molecule is Cc1[nH]nc(C(=O)N2CCC(Oc3ccc(Cl)cc3)CC2)c1C(F)(F)F. The van der Waals surface area contributed by atoms with E-state index < -0.39 is 23.3 Å². The summed E-state index contributed by atoms with van der Waals surface area (Å²) in [7, 11) is 0. The molecule has 3 rings (SSSR count). The van der Waals surface area contributed by atoms with Crippen LogP contribution in [0.5, 0.6) is 5.75 Å². The molecule has 1 amide bonds. The van der Waals surface area contributed by atoms with Crippen LogP contribution in [-0.2, 0) is 6.18 Å². The number of piperidine rings is 1. The number of hydrogen-bond acceptors (Lipinski definition) is 3. The number of alkyl halides is 3. The Balaban J connectivity index is 1.63. The molecule has 1 aliphatic heterocycles. The molecule has 0 atom stereocenters. The van der Waals surface area contributed by atoms with E-state index in [9.17, 15) is 18.0 Å². The maximum Gasteiger partial charge on any atom is 0.420 e. The van der Waals surface area contributed by atoms with Gasteiger partial charge >= 0.3 is 6.18 Å². The van der Waals surface area contributed by atoms with Gasteiger partial charge in [-0.2, -0.15) is 18.3 Å². The van der Waals surface area contributed by atoms with Gasteiger partial charge in [-0.15, -0.1) is 0 Å². The van der Waals surface area contributed by atoms with Crippen molar-refractivity contribution < 1.29 is 22.7 Å². The van der Waals surface area contributed by atoms with Gasteiger partial charge in [-0.3, -0.25) is 9.89 Å². The number of carbonyl (C=O) groups excluding carboxylic acids is 1. The van der Waals surface area contributed by atoms with E-state index in [0.717, 1.165) is 0 Å². The number of carbonyl (C=O) groups is 1. The van der Waals surface area contributed by atoms with Gasteiger partial charge in [0.2, 0.25) is 0 Å². The van der Waals surface area contributed by atoms with Crippen molar-refractivity contribution in [1.82, 2.24) is 15.1 Å². The minimum absolute atomic E-state index is 0.108. The number of halogens is 4. The lowest BCUT2D eigenvalue weighted by Gasteiger charge is -2.32. The molecule has 1 saturated heterocycles. The summed E-state index contributed by atoms with van der Waals surface area (Å²) in [6, 6.07) is 6.94. The monoisotopic (exact) mass is 387 g/mol. The Hall–Kier alpha value is -2.22. The number of amides is 1. The highest BCUT2D eigenvalue weighted by Crippen LogP contribution is 2.34. The molecule has 9 heteroatoms. The summed E-state index contributed by atoms with van der Waals surface area (Å²) in [6.07, 6.45) is -3.68. The van der Waals surface area contributed by atoms with Crippen LogP contribution in [0.1, 0.15) is 34.6 Å². The van der Waals surface area contributed by atoms with Crippen molar-refractivity contribution in [2.24, 2.45) is 0 Å². The summed E-state index contributed by atoms with van der Waals surface area (Å²) >= 11 is 5.82. The van der Waals surface area contributed by atoms with Gasteiger partial charge in [-0.25, -0.2) is 0 Å². The molecule has 1 aromatic heterocycles. The first-order chi connectivity index (χ1) is 12.3. The van der Waals surface area contributed by atoms with E-state index in [1.807, 2.05) is 0 Å². The number of benzene rings is 1. The zero-order valence-electron chi connectivity index (χ0n) is 13.9. The minimum atomic E-state index is -4.63. The average molecular weight is 388 g/mol. The number of ether oxygens (including phenoxy) is 1. The Morgan fingerprint density at radius 3 is 2.46 bits per heavy atom. The number of rotatable bonds is 3. The summed E-state index contributed by atoms with van der Waals surface area (Å²) in [5, 5.41) is 6.43. The van der Waals surface area contributed by atoms with E-state index in [-0.39, 0.29) is 11.8 Å². The van der Waals surface area contributed by atoms with Crippen LogP contribution in [0, 0.1) is 6.92 Å². The van der Waals surface area contributed by atoms with Crippen LogP contribution in [0.25, 0.3) is 0 Å². The van der Waals surface area contributed by atoms with E-state index in [4.69, 9.17) is 16.3 Å². The number of hydrogen-bond donors (Lipinski definition) is 1. The third-order valence-corrected chi connectivity index (χ3v) is 4.53. The third kappa shape index (κ3) is 3.95. The number of aromatic nitrogens is 2. The topological polar surface area (TPSA) is 58.2 Å². The predicted molar refractivity (Wildman–Crippen MR) is 89.3 cm³/mol. The number of nitrogens with one attached hydrogen (secondary N) is 1. The Morgan fingerprint density at radius 1 is 1.27 bits per heavy atom. The Labute approximate surface area is 153 Å². The van der Waals surface area contributed by atoms with E-state index in [1.54, 1.807) is 24.3 Å². The lowest BCUT2D eigenvalue weighted by atomic mass is 10.1. The van der Waals surface area contributed by atoms with Gasteiger partial charge in [-0.05, 0) is 31.2 Å². The second-order valence-corrected chi connectivity index (χ2v) is 6.57. The Bertz CT molecular complexity index is 782. The first-order valence-electron chi connectivity index (χ1n) is 8.09. The van der Waals surface area contributed by atoms with Gasteiger partial charge in [-0.1, -0.05) is 11.6 Å². The smallest absolute Gasteiger partial charge is 0.420 e.